The second-order valence-electron chi connectivity index (χ2n) is 5.19. The number of aromatic hydroxyl groups is 1. The lowest BCUT2D eigenvalue weighted by atomic mass is 10.1. The molecule has 0 aliphatic rings. The number of phenolic OH excluding ortho intramolecular Hbond substituents is 1. The lowest BCUT2D eigenvalue weighted by Gasteiger charge is -2.29. The number of anilines is 1. The van der Waals surface area contributed by atoms with Gasteiger partial charge in [-0.1, -0.05) is 24.3 Å². The summed E-state index contributed by atoms with van der Waals surface area (Å²) in [6.07, 6.45) is 0. The Bertz CT molecular complexity index is 673. The Morgan fingerprint density at radius 1 is 1.26 bits per heavy atom. The minimum Gasteiger partial charge on any atom is -0.508 e. The van der Waals surface area contributed by atoms with E-state index >= 15 is 0 Å². The first-order valence-corrected chi connectivity index (χ1v) is 7.56. The van der Waals surface area contributed by atoms with Crippen molar-refractivity contribution in [1.82, 2.24) is 4.90 Å². The smallest absolute Gasteiger partial charge is 0.322 e. The number of carbonyl (C=O) groups is 1. The monoisotopic (exact) mass is 314 g/mol. The molecule has 2 rings (SSSR count). The number of hydrogen-bond donors (Lipinski definition) is 2. The van der Waals surface area contributed by atoms with E-state index in [2.05, 4.69) is 5.32 Å². The van der Waals surface area contributed by atoms with Crippen molar-refractivity contribution in [3.05, 3.63) is 54.1 Å². The molecule has 5 nitrogen and oxygen atoms in total. The maximum atomic E-state index is 12.6. The summed E-state index contributed by atoms with van der Waals surface area (Å²) in [5, 5.41) is 12.5. The zero-order chi connectivity index (χ0) is 16.8. The van der Waals surface area contributed by atoms with Crippen molar-refractivity contribution >= 4 is 11.7 Å². The second kappa shape index (κ2) is 7.54. The van der Waals surface area contributed by atoms with Crippen LogP contribution in [0.25, 0.3) is 0 Å². The summed E-state index contributed by atoms with van der Waals surface area (Å²) >= 11 is 0. The molecule has 1 unspecified atom stereocenters. The van der Waals surface area contributed by atoms with Gasteiger partial charge in [0.15, 0.2) is 0 Å². The minimum atomic E-state index is -0.215. The summed E-state index contributed by atoms with van der Waals surface area (Å²) < 4.78 is 5.25. The minimum absolute atomic E-state index is 0.165. The van der Waals surface area contributed by atoms with E-state index in [0.29, 0.717) is 18.0 Å². The molecule has 0 aliphatic carbocycles. The average Bonchev–Trinajstić information content (AvgIpc) is 2.56. The van der Waals surface area contributed by atoms with Crippen molar-refractivity contribution < 1.29 is 14.6 Å². The summed E-state index contributed by atoms with van der Waals surface area (Å²) in [6.45, 7) is 4.39. The molecule has 2 aromatic carbocycles. The summed E-state index contributed by atoms with van der Waals surface area (Å²) in [5.41, 5.74) is 1.50. The lowest BCUT2D eigenvalue weighted by molar-refractivity contribution is 0.196. The van der Waals surface area contributed by atoms with Gasteiger partial charge in [-0.3, -0.25) is 0 Å². The number of urea groups is 1. The van der Waals surface area contributed by atoms with Gasteiger partial charge in [-0.15, -0.1) is 0 Å². The van der Waals surface area contributed by atoms with Crippen LogP contribution in [0.5, 0.6) is 11.5 Å². The van der Waals surface area contributed by atoms with Crippen LogP contribution in [0.1, 0.15) is 25.5 Å². The van der Waals surface area contributed by atoms with Gasteiger partial charge >= 0.3 is 6.03 Å². The normalized spacial score (nSPS) is 11.6. The molecule has 0 aliphatic heterocycles. The zero-order valence-corrected chi connectivity index (χ0v) is 13.6. The van der Waals surface area contributed by atoms with Crippen LogP contribution in [-0.4, -0.2) is 29.7 Å². The van der Waals surface area contributed by atoms with Gasteiger partial charge in [0.25, 0.3) is 0 Å². The predicted octanol–water partition coefficient (Wildman–Crippen LogP) is 4.02. The third-order valence-electron chi connectivity index (χ3n) is 3.77. The van der Waals surface area contributed by atoms with Crippen LogP contribution < -0.4 is 10.1 Å². The van der Waals surface area contributed by atoms with Crippen molar-refractivity contribution in [3.8, 4) is 11.5 Å². The highest BCUT2D eigenvalue weighted by Gasteiger charge is 2.21. The molecule has 1 atom stereocenters. The fraction of sp³-hybridized carbons (Fsp3) is 0.278. The number of methoxy groups -OCH3 is 1. The number of rotatable bonds is 5. The molecule has 0 heterocycles. The van der Waals surface area contributed by atoms with E-state index in [0.717, 1.165) is 5.56 Å². The Labute approximate surface area is 136 Å². The Kier molecular flexibility index (Phi) is 5.46. The molecule has 0 saturated carbocycles. The molecule has 0 fully saturated rings. The number of nitrogens with zero attached hydrogens (tertiary/aromatic N) is 1. The first-order chi connectivity index (χ1) is 11.1. The number of nitrogens with one attached hydrogen (secondary N) is 1. The van der Waals surface area contributed by atoms with Crippen LogP contribution in [0.2, 0.25) is 0 Å². The number of para-hydroxylation sites is 2. The predicted molar refractivity (Wildman–Crippen MR) is 90.9 cm³/mol. The Morgan fingerprint density at radius 2 is 2.00 bits per heavy atom. The molecular formula is C18H22N2O3. The van der Waals surface area contributed by atoms with Gasteiger partial charge in [0.1, 0.15) is 11.5 Å². The van der Waals surface area contributed by atoms with Crippen LogP contribution in [0, 0.1) is 0 Å². The maximum Gasteiger partial charge on any atom is 0.322 e. The van der Waals surface area contributed by atoms with Crippen LogP contribution >= 0.6 is 0 Å². The fourth-order valence-corrected chi connectivity index (χ4v) is 2.49. The van der Waals surface area contributed by atoms with Crippen molar-refractivity contribution in [1.29, 1.82) is 0 Å². The summed E-state index contributed by atoms with van der Waals surface area (Å²) in [5.74, 6) is 0.803. The standard InChI is InChI=1S/C18H22N2O3/c1-4-20(13(2)14-8-7-9-15(21)12-14)18(22)19-16-10-5-6-11-17(16)23-3/h5-13,21H,4H2,1-3H3,(H,19,22). The number of ether oxygens (including phenoxy) is 1. The van der Waals surface area contributed by atoms with Gasteiger partial charge in [-0.25, -0.2) is 4.79 Å². The molecule has 0 aromatic heterocycles. The van der Waals surface area contributed by atoms with E-state index < -0.39 is 0 Å². The molecule has 2 N–H and O–H groups in total. The van der Waals surface area contributed by atoms with Crippen molar-refractivity contribution in [2.24, 2.45) is 0 Å². The van der Waals surface area contributed by atoms with Crippen LogP contribution in [-0.2, 0) is 0 Å². The number of hydrogen-bond acceptors (Lipinski definition) is 3. The molecule has 122 valence electrons. The fourth-order valence-electron chi connectivity index (χ4n) is 2.49. The molecule has 0 saturated heterocycles. The van der Waals surface area contributed by atoms with Gasteiger partial charge < -0.3 is 20.1 Å². The zero-order valence-electron chi connectivity index (χ0n) is 13.6. The first-order valence-electron chi connectivity index (χ1n) is 7.56. The van der Waals surface area contributed by atoms with E-state index in [1.807, 2.05) is 32.0 Å². The third kappa shape index (κ3) is 3.94. The molecule has 2 amide bonds. The molecule has 2 aromatic rings. The topological polar surface area (TPSA) is 61.8 Å². The van der Waals surface area contributed by atoms with E-state index in [9.17, 15) is 9.90 Å². The highest BCUT2D eigenvalue weighted by atomic mass is 16.5. The first kappa shape index (κ1) is 16.7. The third-order valence-corrected chi connectivity index (χ3v) is 3.77. The quantitative estimate of drug-likeness (QED) is 0.876. The SMILES string of the molecule is CCN(C(=O)Nc1ccccc1OC)C(C)c1cccc(O)c1. The largest absolute Gasteiger partial charge is 0.508 e. The molecular weight excluding hydrogens is 292 g/mol. The van der Waals surface area contributed by atoms with Gasteiger partial charge in [0.2, 0.25) is 0 Å². The molecule has 0 spiro atoms. The van der Waals surface area contributed by atoms with Gasteiger partial charge in [0.05, 0.1) is 18.8 Å². The van der Waals surface area contributed by atoms with E-state index in [4.69, 9.17) is 4.74 Å². The van der Waals surface area contributed by atoms with Crippen molar-refractivity contribution in [2.45, 2.75) is 19.9 Å². The molecule has 0 radical (unpaired) electrons. The number of carbonyl (C=O) groups excluding carboxylic acids is 1. The number of amides is 2. The number of benzene rings is 2. The molecule has 0 bridgehead atoms. The van der Waals surface area contributed by atoms with Crippen LogP contribution in [0.3, 0.4) is 0 Å². The van der Waals surface area contributed by atoms with Crippen LogP contribution in [0.15, 0.2) is 48.5 Å². The summed E-state index contributed by atoms with van der Waals surface area (Å²) in [4.78, 5) is 14.3. The highest BCUT2D eigenvalue weighted by molar-refractivity contribution is 5.91. The average molecular weight is 314 g/mol. The van der Waals surface area contributed by atoms with E-state index in [-0.39, 0.29) is 17.8 Å². The van der Waals surface area contributed by atoms with Gasteiger partial charge in [0, 0.05) is 6.54 Å². The Morgan fingerprint density at radius 3 is 2.65 bits per heavy atom. The highest BCUT2D eigenvalue weighted by Crippen LogP contribution is 2.26. The van der Waals surface area contributed by atoms with Gasteiger partial charge in [-0.05, 0) is 43.7 Å². The number of phenols is 1. The van der Waals surface area contributed by atoms with Gasteiger partial charge in [-0.2, -0.15) is 0 Å². The molecule has 5 heteroatoms. The second-order valence-corrected chi connectivity index (χ2v) is 5.19. The Hall–Kier alpha value is -2.69. The van der Waals surface area contributed by atoms with E-state index in [1.54, 1.807) is 42.3 Å². The van der Waals surface area contributed by atoms with Crippen molar-refractivity contribution in [3.63, 3.8) is 0 Å². The lowest BCUT2D eigenvalue weighted by Crippen LogP contribution is -2.37. The van der Waals surface area contributed by atoms with Crippen molar-refractivity contribution in [2.75, 3.05) is 19.0 Å². The molecule has 23 heavy (non-hydrogen) atoms. The summed E-state index contributed by atoms with van der Waals surface area (Å²) in [7, 11) is 1.57. The maximum absolute atomic E-state index is 12.6. The summed E-state index contributed by atoms with van der Waals surface area (Å²) in [6, 6.07) is 13.8. The Balaban J connectivity index is 2.18. The van der Waals surface area contributed by atoms with Crippen LogP contribution in [0.4, 0.5) is 10.5 Å². The van der Waals surface area contributed by atoms with E-state index in [1.165, 1.54) is 0 Å².